The Hall–Kier alpha value is -1.67. The number of carbonyl (C=O) groups is 2. The molecule has 2 atom stereocenters. The molecule has 0 aromatic carbocycles. The van der Waals surface area contributed by atoms with Gasteiger partial charge < -0.3 is 20.5 Å². The first-order valence-corrected chi connectivity index (χ1v) is 7.40. The van der Waals surface area contributed by atoms with E-state index in [0.29, 0.717) is 0 Å². The summed E-state index contributed by atoms with van der Waals surface area (Å²) in [5.74, 6) is -0.494. The highest BCUT2D eigenvalue weighted by Crippen LogP contribution is 2.08. The van der Waals surface area contributed by atoms with Crippen molar-refractivity contribution in [3.05, 3.63) is 16.6 Å². The minimum absolute atomic E-state index is 0.246. The molecule has 1 heterocycles. The molecule has 1 aromatic heterocycles. The number of carbonyl (C=O) groups excluding carboxylic acids is 2. The Bertz CT molecular complexity index is 468. The second kappa shape index (κ2) is 7.37. The van der Waals surface area contributed by atoms with E-state index in [-0.39, 0.29) is 6.54 Å². The molecule has 1 rings (SSSR count). The number of nitrogens with zero attached hydrogens (tertiary/aromatic N) is 1. The standard InChI is InChI=1S/C13H21N3O4S/c1-8(17)10(16-12(19)20-13(2,3)4)11(18)15-7-9-14-5-6-21-9/h5-6,8,10,17H,7H2,1-4H3,(H,15,18)(H,16,19)/t8-,10+/m0/s1. The van der Waals surface area contributed by atoms with Crippen LogP contribution in [0.15, 0.2) is 11.6 Å². The summed E-state index contributed by atoms with van der Waals surface area (Å²) in [5, 5.41) is 17.2. The van der Waals surface area contributed by atoms with E-state index in [1.165, 1.54) is 18.3 Å². The maximum absolute atomic E-state index is 12.0. The fourth-order valence-corrected chi connectivity index (χ4v) is 2.01. The van der Waals surface area contributed by atoms with Crippen LogP contribution in [0.25, 0.3) is 0 Å². The van der Waals surface area contributed by atoms with Gasteiger partial charge in [-0.3, -0.25) is 4.79 Å². The van der Waals surface area contributed by atoms with Gasteiger partial charge in [-0.15, -0.1) is 11.3 Å². The molecule has 0 aliphatic carbocycles. The Morgan fingerprint density at radius 1 is 1.48 bits per heavy atom. The summed E-state index contributed by atoms with van der Waals surface area (Å²) in [6.45, 7) is 6.81. The third kappa shape index (κ3) is 6.54. The number of aliphatic hydroxyl groups excluding tert-OH is 1. The SMILES string of the molecule is C[C@H](O)[C@@H](NC(=O)OC(C)(C)C)C(=O)NCc1nccs1. The van der Waals surface area contributed by atoms with E-state index in [1.54, 1.807) is 32.3 Å². The molecule has 118 valence electrons. The van der Waals surface area contributed by atoms with Crippen LogP contribution in [0.1, 0.15) is 32.7 Å². The van der Waals surface area contributed by atoms with Crippen LogP contribution in [0.2, 0.25) is 0 Å². The smallest absolute Gasteiger partial charge is 0.408 e. The zero-order chi connectivity index (χ0) is 16.0. The maximum Gasteiger partial charge on any atom is 0.408 e. The molecule has 1 aromatic rings. The lowest BCUT2D eigenvalue weighted by Crippen LogP contribution is -2.53. The van der Waals surface area contributed by atoms with Crippen LogP contribution >= 0.6 is 11.3 Å². The maximum atomic E-state index is 12.0. The van der Waals surface area contributed by atoms with Crippen molar-refractivity contribution in [2.45, 2.75) is 52.0 Å². The number of aliphatic hydroxyl groups is 1. The first-order chi connectivity index (χ1) is 9.69. The molecule has 0 unspecified atom stereocenters. The van der Waals surface area contributed by atoms with Crippen molar-refractivity contribution in [3.8, 4) is 0 Å². The Morgan fingerprint density at radius 2 is 2.14 bits per heavy atom. The summed E-state index contributed by atoms with van der Waals surface area (Å²) in [6, 6.07) is -1.08. The third-order valence-corrected chi connectivity index (χ3v) is 3.11. The number of thiazole rings is 1. The summed E-state index contributed by atoms with van der Waals surface area (Å²) in [6.07, 6.45) is -0.163. The predicted octanol–water partition coefficient (Wildman–Crippen LogP) is 1.03. The van der Waals surface area contributed by atoms with E-state index in [1.807, 2.05) is 0 Å². The number of hydrogen-bond acceptors (Lipinski definition) is 6. The van der Waals surface area contributed by atoms with Crippen molar-refractivity contribution in [2.24, 2.45) is 0 Å². The van der Waals surface area contributed by atoms with Crippen LogP contribution < -0.4 is 10.6 Å². The van der Waals surface area contributed by atoms with Gasteiger partial charge in [0.15, 0.2) is 0 Å². The van der Waals surface area contributed by atoms with Crippen LogP contribution in [0, 0.1) is 0 Å². The van der Waals surface area contributed by atoms with Gasteiger partial charge in [-0.2, -0.15) is 0 Å². The van der Waals surface area contributed by atoms with Gasteiger partial charge in [0.05, 0.1) is 12.6 Å². The van der Waals surface area contributed by atoms with Crippen LogP contribution in [-0.2, 0) is 16.1 Å². The van der Waals surface area contributed by atoms with E-state index < -0.39 is 29.7 Å². The van der Waals surface area contributed by atoms with Crippen molar-refractivity contribution >= 4 is 23.3 Å². The molecule has 0 radical (unpaired) electrons. The topological polar surface area (TPSA) is 101 Å². The van der Waals surface area contributed by atoms with Crippen molar-refractivity contribution < 1.29 is 19.4 Å². The molecule has 0 aliphatic rings. The highest BCUT2D eigenvalue weighted by molar-refractivity contribution is 7.09. The fraction of sp³-hybridized carbons (Fsp3) is 0.615. The summed E-state index contributed by atoms with van der Waals surface area (Å²) >= 11 is 1.41. The lowest BCUT2D eigenvalue weighted by atomic mass is 10.1. The number of nitrogens with one attached hydrogen (secondary N) is 2. The van der Waals surface area contributed by atoms with E-state index in [9.17, 15) is 14.7 Å². The minimum atomic E-state index is -1.08. The molecule has 8 heteroatoms. The first-order valence-electron chi connectivity index (χ1n) is 6.52. The molecule has 0 aliphatic heterocycles. The molecular weight excluding hydrogens is 294 g/mol. The molecule has 21 heavy (non-hydrogen) atoms. The van der Waals surface area contributed by atoms with Gasteiger partial charge in [0, 0.05) is 11.6 Å². The Morgan fingerprint density at radius 3 is 2.62 bits per heavy atom. The van der Waals surface area contributed by atoms with Gasteiger partial charge in [-0.25, -0.2) is 9.78 Å². The van der Waals surface area contributed by atoms with Crippen LogP contribution in [-0.4, -0.2) is 39.8 Å². The van der Waals surface area contributed by atoms with Crippen molar-refractivity contribution in [2.75, 3.05) is 0 Å². The number of ether oxygens (including phenoxy) is 1. The molecular formula is C13H21N3O4S. The van der Waals surface area contributed by atoms with Gasteiger partial charge >= 0.3 is 6.09 Å². The van der Waals surface area contributed by atoms with Gasteiger partial charge in [0.2, 0.25) is 5.91 Å². The highest BCUT2D eigenvalue weighted by Gasteiger charge is 2.27. The molecule has 0 spiro atoms. The zero-order valence-corrected chi connectivity index (χ0v) is 13.4. The van der Waals surface area contributed by atoms with E-state index in [4.69, 9.17) is 4.74 Å². The summed E-state index contributed by atoms with van der Waals surface area (Å²) in [7, 11) is 0. The molecule has 0 fully saturated rings. The van der Waals surface area contributed by atoms with E-state index >= 15 is 0 Å². The van der Waals surface area contributed by atoms with Crippen molar-refractivity contribution in [1.82, 2.24) is 15.6 Å². The normalized spacial score (nSPS) is 14.1. The van der Waals surface area contributed by atoms with Crippen molar-refractivity contribution in [3.63, 3.8) is 0 Å². The number of rotatable bonds is 5. The Kier molecular flexibility index (Phi) is 6.10. The number of hydrogen-bond donors (Lipinski definition) is 3. The largest absolute Gasteiger partial charge is 0.444 e. The summed E-state index contributed by atoms with van der Waals surface area (Å²) < 4.78 is 5.07. The highest BCUT2D eigenvalue weighted by atomic mass is 32.1. The summed E-state index contributed by atoms with van der Waals surface area (Å²) in [4.78, 5) is 27.7. The predicted molar refractivity (Wildman–Crippen MR) is 78.8 cm³/mol. The lowest BCUT2D eigenvalue weighted by molar-refractivity contribution is -0.125. The number of alkyl carbamates (subject to hydrolysis) is 1. The molecule has 0 saturated heterocycles. The molecule has 3 N–H and O–H groups in total. The Labute approximate surface area is 127 Å². The molecule has 2 amide bonds. The van der Waals surface area contributed by atoms with Gasteiger partial charge in [0.25, 0.3) is 0 Å². The zero-order valence-electron chi connectivity index (χ0n) is 12.5. The van der Waals surface area contributed by atoms with Crippen LogP contribution in [0.3, 0.4) is 0 Å². The van der Waals surface area contributed by atoms with E-state index in [2.05, 4.69) is 15.6 Å². The molecule has 7 nitrogen and oxygen atoms in total. The quantitative estimate of drug-likeness (QED) is 0.753. The van der Waals surface area contributed by atoms with E-state index in [0.717, 1.165) is 5.01 Å². The van der Waals surface area contributed by atoms with Crippen LogP contribution in [0.4, 0.5) is 4.79 Å². The molecule has 0 saturated carbocycles. The summed E-state index contributed by atoms with van der Waals surface area (Å²) in [5.41, 5.74) is -0.676. The van der Waals surface area contributed by atoms with Crippen molar-refractivity contribution in [1.29, 1.82) is 0 Å². The Balaban J connectivity index is 2.55. The monoisotopic (exact) mass is 315 g/mol. The third-order valence-electron chi connectivity index (χ3n) is 2.33. The first kappa shape index (κ1) is 17.4. The molecule has 0 bridgehead atoms. The lowest BCUT2D eigenvalue weighted by Gasteiger charge is -2.24. The number of amides is 2. The second-order valence-electron chi connectivity index (χ2n) is 5.51. The van der Waals surface area contributed by atoms with Gasteiger partial charge in [-0.1, -0.05) is 0 Å². The average Bonchev–Trinajstić information content (AvgIpc) is 2.83. The number of aromatic nitrogens is 1. The van der Waals surface area contributed by atoms with Gasteiger partial charge in [0.1, 0.15) is 16.7 Å². The van der Waals surface area contributed by atoms with Gasteiger partial charge in [-0.05, 0) is 27.7 Å². The second-order valence-corrected chi connectivity index (χ2v) is 6.49. The minimum Gasteiger partial charge on any atom is -0.444 e. The average molecular weight is 315 g/mol. The van der Waals surface area contributed by atoms with Crippen LogP contribution in [0.5, 0.6) is 0 Å². The fourth-order valence-electron chi connectivity index (χ4n) is 1.45.